The highest BCUT2D eigenvalue weighted by Crippen LogP contribution is 2.38. The summed E-state index contributed by atoms with van der Waals surface area (Å²) in [4.78, 5) is 3.67. The smallest absolute Gasteiger partial charge is 0.153 e. The Morgan fingerprint density at radius 2 is 2.28 bits per heavy atom. The van der Waals surface area contributed by atoms with E-state index in [4.69, 9.17) is 5.73 Å². The van der Waals surface area contributed by atoms with E-state index < -0.39 is 0 Å². The van der Waals surface area contributed by atoms with Crippen molar-refractivity contribution in [3.63, 3.8) is 0 Å². The van der Waals surface area contributed by atoms with Gasteiger partial charge in [0.2, 0.25) is 0 Å². The van der Waals surface area contributed by atoms with Crippen LogP contribution in [0, 0.1) is 5.92 Å². The van der Waals surface area contributed by atoms with Crippen LogP contribution in [-0.2, 0) is 0 Å². The molecule has 1 atom stereocenters. The lowest BCUT2D eigenvalue weighted by Crippen LogP contribution is -2.23. The number of aromatic nitrogens is 1. The van der Waals surface area contributed by atoms with Crippen LogP contribution in [0.1, 0.15) is 39.0 Å². The molecule has 2 N–H and O–H groups in total. The van der Waals surface area contributed by atoms with Crippen molar-refractivity contribution in [1.82, 2.24) is 4.37 Å². The first kappa shape index (κ1) is 14.0. The number of thioether (sulfide) groups is 1. The van der Waals surface area contributed by atoms with Gasteiger partial charge in [-0.25, -0.2) is 0 Å². The number of anilines is 2. The summed E-state index contributed by atoms with van der Waals surface area (Å²) in [5.74, 6) is 1.62. The Morgan fingerprint density at radius 1 is 1.44 bits per heavy atom. The average Bonchev–Trinajstić information content (AvgIpc) is 2.59. The Hall–Kier alpha value is -0.420. The second-order valence-electron chi connectivity index (χ2n) is 4.98. The van der Waals surface area contributed by atoms with Gasteiger partial charge in [0.1, 0.15) is 5.00 Å². The maximum absolute atomic E-state index is 5.92. The van der Waals surface area contributed by atoms with Gasteiger partial charge in [0.05, 0.1) is 4.90 Å². The van der Waals surface area contributed by atoms with Gasteiger partial charge in [0.15, 0.2) is 5.82 Å². The van der Waals surface area contributed by atoms with E-state index in [2.05, 4.69) is 22.5 Å². The normalized spacial score (nSPS) is 21.0. The summed E-state index contributed by atoms with van der Waals surface area (Å²) in [5.41, 5.74) is 5.92. The van der Waals surface area contributed by atoms with Crippen molar-refractivity contribution < 1.29 is 0 Å². The Labute approximate surface area is 118 Å². The zero-order valence-corrected chi connectivity index (χ0v) is 12.9. The maximum Gasteiger partial charge on any atom is 0.153 e. The van der Waals surface area contributed by atoms with Crippen molar-refractivity contribution in [2.45, 2.75) is 43.9 Å². The molecule has 1 aliphatic rings. The van der Waals surface area contributed by atoms with Crippen molar-refractivity contribution in [3.05, 3.63) is 0 Å². The number of hydrogen-bond acceptors (Lipinski definition) is 5. The van der Waals surface area contributed by atoms with Crippen LogP contribution in [0.5, 0.6) is 0 Å². The van der Waals surface area contributed by atoms with Gasteiger partial charge in [-0.05, 0) is 43.0 Å². The molecule has 0 spiro atoms. The van der Waals surface area contributed by atoms with Crippen molar-refractivity contribution in [1.29, 1.82) is 0 Å². The van der Waals surface area contributed by atoms with E-state index in [1.54, 1.807) is 23.3 Å². The number of nitrogens with zero attached hydrogens (tertiary/aromatic N) is 2. The minimum Gasteiger partial charge on any atom is -0.382 e. The highest BCUT2D eigenvalue weighted by atomic mass is 32.2. The minimum atomic E-state index is 0.705. The summed E-state index contributed by atoms with van der Waals surface area (Å²) >= 11 is 3.28. The van der Waals surface area contributed by atoms with E-state index in [1.165, 1.54) is 48.5 Å². The molecule has 1 aliphatic heterocycles. The zero-order chi connectivity index (χ0) is 13.0. The third-order valence-corrected chi connectivity index (χ3v) is 5.56. The minimum absolute atomic E-state index is 0.705. The highest BCUT2D eigenvalue weighted by molar-refractivity contribution is 7.99. The predicted octanol–water partition coefficient (Wildman–Crippen LogP) is 3.85. The van der Waals surface area contributed by atoms with Crippen LogP contribution in [-0.4, -0.2) is 23.7 Å². The molecular formula is C13H23N3S2. The lowest BCUT2D eigenvalue weighted by Gasteiger charge is -2.21. The van der Waals surface area contributed by atoms with Gasteiger partial charge < -0.3 is 10.6 Å². The first-order chi connectivity index (χ1) is 8.76. The zero-order valence-electron chi connectivity index (χ0n) is 11.3. The van der Waals surface area contributed by atoms with E-state index in [0.29, 0.717) is 5.82 Å². The number of hydrogen-bond donors (Lipinski definition) is 1. The van der Waals surface area contributed by atoms with Crippen LogP contribution < -0.4 is 10.6 Å². The number of nitrogens with two attached hydrogens (primary N) is 1. The fourth-order valence-electron chi connectivity index (χ4n) is 2.74. The van der Waals surface area contributed by atoms with Crippen LogP contribution in [0.15, 0.2) is 4.90 Å². The second-order valence-corrected chi connectivity index (χ2v) is 6.55. The van der Waals surface area contributed by atoms with E-state index in [9.17, 15) is 0 Å². The molecule has 2 heterocycles. The summed E-state index contributed by atoms with van der Waals surface area (Å²) in [5, 5.41) is 1.29. The molecule has 0 aliphatic carbocycles. The molecule has 0 radical (unpaired) electrons. The molecule has 1 fully saturated rings. The topological polar surface area (TPSA) is 42.2 Å². The molecule has 5 heteroatoms. The summed E-state index contributed by atoms with van der Waals surface area (Å²) in [6.07, 6.45) is 8.78. The van der Waals surface area contributed by atoms with Gasteiger partial charge in [-0.2, -0.15) is 4.37 Å². The monoisotopic (exact) mass is 285 g/mol. The summed E-state index contributed by atoms with van der Waals surface area (Å²) in [6, 6.07) is 0. The standard InChI is InChI=1S/C13H23N3S2/c1-3-5-10-6-4-8-16(9-7-10)13-11(17-2)12(14)15-18-13/h10H,3-9H2,1-2H3,(H2,14,15). The quantitative estimate of drug-likeness (QED) is 0.853. The fraction of sp³-hybridized carbons (Fsp3) is 0.769. The largest absolute Gasteiger partial charge is 0.382 e. The number of rotatable bonds is 4. The highest BCUT2D eigenvalue weighted by Gasteiger charge is 2.21. The fourth-order valence-corrected chi connectivity index (χ4v) is 4.48. The van der Waals surface area contributed by atoms with Crippen LogP contribution >= 0.6 is 23.3 Å². The van der Waals surface area contributed by atoms with Crippen molar-refractivity contribution in [2.24, 2.45) is 5.92 Å². The average molecular weight is 285 g/mol. The maximum atomic E-state index is 5.92. The molecule has 1 unspecified atom stereocenters. The lowest BCUT2D eigenvalue weighted by molar-refractivity contribution is 0.435. The van der Waals surface area contributed by atoms with E-state index >= 15 is 0 Å². The van der Waals surface area contributed by atoms with Gasteiger partial charge in [-0.1, -0.05) is 19.8 Å². The SMILES string of the molecule is CCCC1CCCN(c2snc(N)c2SC)CC1. The van der Waals surface area contributed by atoms with Crippen molar-refractivity contribution in [3.8, 4) is 0 Å². The van der Waals surface area contributed by atoms with E-state index in [1.807, 2.05) is 0 Å². The van der Waals surface area contributed by atoms with Crippen LogP contribution in [0.3, 0.4) is 0 Å². The second kappa shape index (κ2) is 6.66. The summed E-state index contributed by atoms with van der Waals surface area (Å²) in [6.45, 7) is 4.62. The lowest BCUT2D eigenvalue weighted by atomic mass is 9.96. The Balaban J connectivity index is 2.05. The Kier molecular flexibility index (Phi) is 5.18. The molecule has 0 bridgehead atoms. The first-order valence-corrected chi connectivity index (χ1v) is 8.80. The van der Waals surface area contributed by atoms with Gasteiger partial charge in [0.25, 0.3) is 0 Å². The molecule has 102 valence electrons. The Bertz CT molecular complexity index is 378. The Morgan fingerprint density at radius 3 is 3.00 bits per heavy atom. The predicted molar refractivity (Wildman–Crippen MR) is 82.8 cm³/mol. The van der Waals surface area contributed by atoms with Gasteiger partial charge in [-0.15, -0.1) is 11.8 Å². The molecule has 0 amide bonds. The third kappa shape index (κ3) is 3.12. The van der Waals surface area contributed by atoms with Crippen molar-refractivity contribution in [2.75, 3.05) is 30.0 Å². The van der Waals surface area contributed by atoms with E-state index in [-0.39, 0.29) is 0 Å². The molecule has 2 rings (SSSR count). The molecule has 0 aromatic carbocycles. The molecule has 1 aromatic rings. The van der Waals surface area contributed by atoms with Crippen molar-refractivity contribution >= 4 is 34.1 Å². The molecule has 18 heavy (non-hydrogen) atoms. The van der Waals surface area contributed by atoms with Gasteiger partial charge in [0, 0.05) is 13.1 Å². The van der Waals surface area contributed by atoms with Crippen LogP contribution in [0.4, 0.5) is 10.8 Å². The summed E-state index contributed by atoms with van der Waals surface area (Å²) < 4.78 is 4.31. The molecule has 1 saturated heterocycles. The summed E-state index contributed by atoms with van der Waals surface area (Å²) in [7, 11) is 0. The first-order valence-electron chi connectivity index (χ1n) is 6.80. The molecule has 0 saturated carbocycles. The third-order valence-electron chi connectivity index (χ3n) is 3.69. The van der Waals surface area contributed by atoms with E-state index in [0.717, 1.165) is 12.5 Å². The van der Waals surface area contributed by atoms with Gasteiger partial charge >= 0.3 is 0 Å². The van der Waals surface area contributed by atoms with Gasteiger partial charge in [-0.3, -0.25) is 0 Å². The number of nitrogen functional groups attached to an aromatic ring is 1. The molecule has 1 aromatic heterocycles. The molecule has 3 nitrogen and oxygen atoms in total. The van der Waals surface area contributed by atoms with Crippen LogP contribution in [0.25, 0.3) is 0 Å². The van der Waals surface area contributed by atoms with Crippen LogP contribution in [0.2, 0.25) is 0 Å². The molecular weight excluding hydrogens is 262 g/mol.